The molecule has 0 aromatic heterocycles. The normalized spacial score (nSPS) is 13.2. The standard InChI is InChI=1S/C17H29NO/c1-5-15(13-19)11-18(4)12-17-8-6-16(7-9-17)10-14(2)3/h6-9,14-15,19H,5,10-13H2,1-4H3. The van der Waals surface area contributed by atoms with Crippen molar-refractivity contribution in [2.24, 2.45) is 11.8 Å². The van der Waals surface area contributed by atoms with Crippen LogP contribution < -0.4 is 0 Å². The number of rotatable bonds is 8. The zero-order valence-electron chi connectivity index (χ0n) is 12.9. The molecule has 0 aliphatic rings. The molecule has 1 aromatic rings. The number of nitrogens with zero attached hydrogens (tertiary/aromatic N) is 1. The van der Waals surface area contributed by atoms with Gasteiger partial charge < -0.3 is 10.0 Å². The van der Waals surface area contributed by atoms with Gasteiger partial charge in [0.05, 0.1) is 0 Å². The van der Waals surface area contributed by atoms with E-state index in [0.717, 1.165) is 25.9 Å². The SMILES string of the molecule is CCC(CO)CN(C)Cc1ccc(CC(C)C)cc1. The number of aliphatic hydroxyl groups is 1. The summed E-state index contributed by atoms with van der Waals surface area (Å²) in [7, 11) is 2.13. The van der Waals surface area contributed by atoms with E-state index in [1.54, 1.807) is 0 Å². The molecule has 1 rings (SSSR count). The summed E-state index contributed by atoms with van der Waals surface area (Å²) in [6.07, 6.45) is 2.19. The Morgan fingerprint density at radius 2 is 1.68 bits per heavy atom. The third-order valence-electron chi connectivity index (χ3n) is 3.52. The number of benzene rings is 1. The van der Waals surface area contributed by atoms with Gasteiger partial charge in [-0.2, -0.15) is 0 Å². The van der Waals surface area contributed by atoms with Crippen molar-refractivity contribution in [1.82, 2.24) is 4.90 Å². The lowest BCUT2D eigenvalue weighted by molar-refractivity contribution is 0.173. The molecule has 0 spiro atoms. The maximum atomic E-state index is 9.23. The Labute approximate surface area is 118 Å². The predicted octanol–water partition coefficient (Wildman–Crippen LogP) is 3.34. The molecular formula is C17H29NO. The number of hydrogen-bond donors (Lipinski definition) is 1. The third-order valence-corrected chi connectivity index (χ3v) is 3.52. The van der Waals surface area contributed by atoms with Crippen molar-refractivity contribution in [1.29, 1.82) is 0 Å². The van der Waals surface area contributed by atoms with Crippen LogP contribution in [0.4, 0.5) is 0 Å². The molecule has 1 unspecified atom stereocenters. The van der Waals surface area contributed by atoms with Crippen molar-refractivity contribution < 1.29 is 5.11 Å². The molecular weight excluding hydrogens is 234 g/mol. The van der Waals surface area contributed by atoms with E-state index in [1.165, 1.54) is 11.1 Å². The van der Waals surface area contributed by atoms with Gasteiger partial charge in [-0.3, -0.25) is 0 Å². The minimum atomic E-state index is 0.286. The average molecular weight is 263 g/mol. The average Bonchev–Trinajstić information content (AvgIpc) is 2.37. The molecule has 0 amide bonds. The zero-order chi connectivity index (χ0) is 14.3. The highest BCUT2D eigenvalue weighted by Gasteiger charge is 2.09. The Hall–Kier alpha value is -0.860. The molecule has 19 heavy (non-hydrogen) atoms. The van der Waals surface area contributed by atoms with Crippen molar-refractivity contribution in [2.75, 3.05) is 20.2 Å². The van der Waals surface area contributed by atoms with E-state index >= 15 is 0 Å². The fraction of sp³-hybridized carbons (Fsp3) is 0.647. The van der Waals surface area contributed by atoms with Crippen LogP contribution in [0.5, 0.6) is 0 Å². The summed E-state index contributed by atoms with van der Waals surface area (Å²) < 4.78 is 0. The summed E-state index contributed by atoms with van der Waals surface area (Å²) in [4.78, 5) is 2.29. The third kappa shape index (κ3) is 6.22. The molecule has 0 aliphatic carbocycles. The van der Waals surface area contributed by atoms with Gasteiger partial charge in [-0.15, -0.1) is 0 Å². The summed E-state index contributed by atoms with van der Waals surface area (Å²) >= 11 is 0. The molecule has 0 aliphatic heterocycles. The molecule has 0 heterocycles. The summed E-state index contributed by atoms with van der Waals surface area (Å²) in [5.41, 5.74) is 2.77. The first-order valence-corrected chi connectivity index (χ1v) is 7.42. The van der Waals surface area contributed by atoms with Crippen LogP contribution in [0.1, 0.15) is 38.3 Å². The van der Waals surface area contributed by atoms with Crippen LogP contribution >= 0.6 is 0 Å². The van der Waals surface area contributed by atoms with Crippen molar-refractivity contribution >= 4 is 0 Å². The molecule has 0 saturated heterocycles. The van der Waals surface area contributed by atoms with Gasteiger partial charge in [0, 0.05) is 19.7 Å². The Bertz CT molecular complexity index is 341. The minimum Gasteiger partial charge on any atom is -0.396 e. The number of hydrogen-bond acceptors (Lipinski definition) is 2. The molecule has 0 bridgehead atoms. The minimum absolute atomic E-state index is 0.286. The summed E-state index contributed by atoms with van der Waals surface area (Å²) in [5.74, 6) is 1.11. The fourth-order valence-corrected chi connectivity index (χ4v) is 2.39. The lowest BCUT2D eigenvalue weighted by Gasteiger charge is -2.21. The van der Waals surface area contributed by atoms with Crippen molar-refractivity contribution in [3.05, 3.63) is 35.4 Å². The second-order valence-corrected chi connectivity index (χ2v) is 6.07. The molecule has 1 atom stereocenters. The van der Waals surface area contributed by atoms with E-state index in [2.05, 4.69) is 57.0 Å². The first-order valence-electron chi connectivity index (χ1n) is 7.42. The first-order chi connectivity index (χ1) is 9.05. The Morgan fingerprint density at radius 3 is 2.16 bits per heavy atom. The lowest BCUT2D eigenvalue weighted by atomic mass is 10.0. The maximum Gasteiger partial charge on any atom is 0.0471 e. The highest BCUT2D eigenvalue weighted by Crippen LogP contribution is 2.12. The van der Waals surface area contributed by atoms with Gasteiger partial charge >= 0.3 is 0 Å². The van der Waals surface area contributed by atoms with Gasteiger partial charge in [0.25, 0.3) is 0 Å². The van der Waals surface area contributed by atoms with E-state index in [9.17, 15) is 5.11 Å². The molecule has 1 aromatic carbocycles. The van der Waals surface area contributed by atoms with Gasteiger partial charge in [-0.05, 0) is 42.9 Å². The van der Waals surface area contributed by atoms with E-state index in [0.29, 0.717) is 11.8 Å². The van der Waals surface area contributed by atoms with E-state index < -0.39 is 0 Å². The quantitative estimate of drug-likeness (QED) is 0.777. The largest absolute Gasteiger partial charge is 0.396 e. The van der Waals surface area contributed by atoms with Gasteiger partial charge in [0.1, 0.15) is 0 Å². The van der Waals surface area contributed by atoms with Crippen LogP contribution in [-0.2, 0) is 13.0 Å². The van der Waals surface area contributed by atoms with E-state index in [1.807, 2.05) is 0 Å². The highest BCUT2D eigenvalue weighted by atomic mass is 16.3. The summed E-state index contributed by atoms with van der Waals surface area (Å²) in [6.45, 7) is 8.84. The molecule has 1 N–H and O–H groups in total. The number of aliphatic hydroxyl groups excluding tert-OH is 1. The van der Waals surface area contributed by atoms with E-state index in [-0.39, 0.29) is 6.61 Å². The second-order valence-electron chi connectivity index (χ2n) is 6.07. The Morgan fingerprint density at radius 1 is 1.11 bits per heavy atom. The Kier molecular flexibility index (Phi) is 7.11. The van der Waals surface area contributed by atoms with Crippen molar-refractivity contribution in [2.45, 2.75) is 40.2 Å². The molecule has 2 heteroatoms. The monoisotopic (exact) mass is 263 g/mol. The fourth-order valence-electron chi connectivity index (χ4n) is 2.39. The predicted molar refractivity (Wildman–Crippen MR) is 82.2 cm³/mol. The van der Waals surface area contributed by atoms with Crippen LogP contribution in [-0.4, -0.2) is 30.2 Å². The highest BCUT2D eigenvalue weighted by molar-refractivity contribution is 5.22. The molecule has 0 radical (unpaired) electrons. The lowest BCUT2D eigenvalue weighted by Crippen LogP contribution is -2.27. The van der Waals surface area contributed by atoms with Gasteiger partial charge in [0.2, 0.25) is 0 Å². The smallest absolute Gasteiger partial charge is 0.0471 e. The van der Waals surface area contributed by atoms with Crippen LogP contribution in [0.15, 0.2) is 24.3 Å². The summed E-state index contributed by atoms with van der Waals surface area (Å²) in [5, 5.41) is 9.23. The second kappa shape index (κ2) is 8.34. The molecule has 0 saturated carbocycles. The van der Waals surface area contributed by atoms with Crippen molar-refractivity contribution in [3.63, 3.8) is 0 Å². The van der Waals surface area contributed by atoms with Crippen LogP contribution in [0, 0.1) is 11.8 Å². The zero-order valence-corrected chi connectivity index (χ0v) is 12.9. The van der Waals surface area contributed by atoms with Crippen LogP contribution in [0.2, 0.25) is 0 Å². The van der Waals surface area contributed by atoms with Crippen LogP contribution in [0.25, 0.3) is 0 Å². The van der Waals surface area contributed by atoms with Crippen LogP contribution in [0.3, 0.4) is 0 Å². The van der Waals surface area contributed by atoms with Crippen molar-refractivity contribution in [3.8, 4) is 0 Å². The van der Waals surface area contributed by atoms with Gasteiger partial charge in [0.15, 0.2) is 0 Å². The first kappa shape index (κ1) is 16.2. The Balaban J connectivity index is 2.48. The van der Waals surface area contributed by atoms with Gasteiger partial charge in [-0.1, -0.05) is 45.0 Å². The van der Waals surface area contributed by atoms with Gasteiger partial charge in [-0.25, -0.2) is 0 Å². The molecule has 108 valence electrons. The summed E-state index contributed by atoms with van der Waals surface area (Å²) in [6, 6.07) is 8.95. The van der Waals surface area contributed by atoms with E-state index in [4.69, 9.17) is 0 Å². The maximum absolute atomic E-state index is 9.23. The molecule has 2 nitrogen and oxygen atoms in total. The molecule has 0 fully saturated rings. The topological polar surface area (TPSA) is 23.5 Å².